The number of rotatable bonds is 9. The molecule has 4 rings (SSSR count). The van der Waals surface area contributed by atoms with Gasteiger partial charge in [-0.15, -0.1) is 0 Å². The van der Waals surface area contributed by atoms with E-state index >= 15 is 0 Å². The quantitative estimate of drug-likeness (QED) is 0.314. The zero-order valence-corrected chi connectivity index (χ0v) is 24.4. The van der Waals surface area contributed by atoms with Crippen LogP contribution in [-0.4, -0.2) is 56.0 Å². The molecule has 0 saturated carbocycles. The van der Waals surface area contributed by atoms with Gasteiger partial charge in [0, 0.05) is 45.4 Å². The summed E-state index contributed by atoms with van der Waals surface area (Å²) in [5.74, 6) is -0.331. The summed E-state index contributed by atoms with van der Waals surface area (Å²) in [4.78, 5) is 34.9. The normalized spacial score (nSPS) is 18.8. The van der Waals surface area contributed by atoms with Gasteiger partial charge < -0.3 is 19.3 Å². The number of carbonyl (C=O) groups is 2. The highest BCUT2D eigenvalue weighted by Crippen LogP contribution is 2.37. The van der Waals surface area contributed by atoms with E-state index in [0.717, 1.165) is 55.3 Å². The first-order valence-electron chi connectivity index (χ1n) is 14.2. The number of aryl methyl sites for hydroxylation is 1. The van der Waals surface area contributed by atoms with Gasteiger partial charge >= 0.3 is 6.09 Å². The average molecular weight is 550 g/mol. The molecule has 2 unspecified atom stereocenters. The van der Waals surface area contributed by atoms with Gasteiger partial charge in [-0.3, -0.25) is 4.79 Å². The molecule has 40 heavy (non-hydrogen) atoms. The fraction of sp³-hybridized carbons (Fsp3) is 0.500. The first-order chi connectivity index (χ1) is 19.1. The number of hydrogen-bond acceptors (Lipinski definition) is 6. The van der Waals surface area contributed by atoms with Crippen molar-refractivity contribution in [2.75, 3.05) is 32.1 Å². The highest BCUT2D eigenvalue weighted by molar-refractivity contribution is 5.91. The van der Waals surface area contributed by atoms with Crippen molar-refractivity contribution in [1.82, 2.24) is 10.4 Å². The van der Waals surface area contributed by atoms with Crippen LogP contribution < -0.4 is 10.4 Å². The summed E-state index contributed by atoms with van der Waals surface area (Å²) < 4.78 is 11.3. The molecule has 1 fully saturated rings. The Labute approximate surface area is 238 Å². The molecule has 1 aliphatic carbocycles. The lowest BCUT2D eigenvalue weighted by atomic mass is 10.0. The summed E-state index contributed by atoms with van der Waals surface area (Å²) in [6, 6.07) is 14.5. The first-order valence-corrected chi connectivity index (χ1v) is 14.2. The number of benzene rings is 2. The lowest BCUT2D eigenvalue weighted by Gasteiger charge is -2.32. The van der Waals surface area contributed by atoms with Crippen LogP contribution in [-0.2, 0) is 31.9 Å². The SMILES string of the molecule is CN(C)c1ccc(CCN(C(=O)OC(C)(C)C)C2CCc3cc(/C=C/C(=O)NOC4CCCCO4)ccc32)cc1. The van der Waals surface area contributed by atoms with E-state index in [2.05, 4.69) is 46.8 Å². The lowest BCUT2D eigenvalue weighted by molar-refractivity contribution is -0.198. The van der Waals surface area contributed by atoms with Gasteiger partial charge in [0.25, 0.3) is 5.91 Å². The van der Waals surface area contributed by atoms with Crippen molar-refractivity contribution < 1.29 is 23.9 Å². The molecule has 1 heterocycles. The van der Waals surface area contributed by atoms with E-state index < -0.39 is 5.60 Å². The van der Waals surface area contributed by atoms with Gasteiger partial charge in [0.1, 0.15) is 5.60 Å². The van der Waals surface area contributed by atoms with Crippen molar-refractivity contribution in [2.45, 2.75) is 77.2 Å². The largest absolute Gasteiger partial charge is 0.444 e. The molecule has 2 amide bonds. The maximum Gasteiger partial charge on any atom is 0.410 e. The predicted molar refractivity (Wildman–Crippen MR) is 157 cm³/mol. The number of hydroxylamine groups is 1. The highest BCUT2D eigenvalue weighted by Gasteiger charge is 2.33. The smallest absolute Gasteiger partial charge is 0.410 e. The summed E-state index contributed by atoms with van der Waals surface area (Å²) >= 11 is 0. The number of fused-ring (bicyclic) bond motifs is 1. The van der Waals surface area contributed by atoms with E-state index in [-0.39, 0.29) is 24.3 Å². The molecule has 0 aromatic heterocycles. The van der Waals surface area contributed by atoms with Crippen LogP contribution in [0.25, 0.3) is 6.08 Å². The van der Waals surface area contributed by atoms with E-state index in [0.29, 0.717) is 13.2 Å². The highest BCUT2D eigenvalue weighted by atomic mass is 16.8. The van der Waals surface area contributed by atoms with Crippen LogP contribution in [0.15, 0.2) is 48.5 Å². The molecule has 0 bridgehead atoms. The summed E-state index contributed by atoms with van der Waals surface area (Å²) in [5.41, 5.74) is 7.44. The molecule has 1 saturated heterocycles. The van der Waals surface area contributed by atoms with Gasteiger partial charge in [-0.25, -0.2) is 15.1 Å². The van der Waals surface area contributed by atoms with E-state index in [9.17, 15) is 9.59 Å². The summed E-state index contributed by atoms with van der Waals surface area (Å²) in [5, 5.41) is 0. The summed E-state index contributed by atoms with van der Waals surface area (Å²) in [6.45, 7) is 6.91. The van der Waals surface area contributed by atoms with Crippen LogP contribution in [0.1, 0.15) is 74.8 Å². The Hall–Kier alpha value is -3.36. The van der Waals surface area contributed by atoms with Gasteiger partial charge in [-0.2, -0.15) is 0 Å². The molecule has 2 atom stereocenters. The monoisotopic (exact) mass is 549 g/mol. The number of ether oxygens (including phenoxy) is 2. The third-order valence-corrected chi connectivity index (χ3v) is 7.17. The number of carbonyl (C=O) groups excluding carboxylic acids is 2. The molecule has 0 radical (unpaired) electrons. The van der Waals surface area contributed by atoms with Crippen LogP contribution in [0.5, 0.6) is 0 Å². The minimum absolute atomic E-state index is 0.0591. The molecule has 2 aromatic rings. The Morgan fingerprint density at radius 2 is 1.85 bits per heavy atom. The zero-order chi connectivity index (χ0) is 28.7. The van der Waals surface area contributed by atoms with Gasteiger partial charge in [-0.05, 0) is 93.3 Å². The molecule has 2 aliphatic rings. The average Bonchev–Trinajstić information content (AvgIpc) is 3.33. The molecule has 1 aliphatic heterocycles. The Morgan fingerprint density at radius 1 is 1.07 bits per heavy atom. The van der Waals surface area contributed by atoms with Crippen LogP contribution >= 0.6 is 0 Å². The first kappa shape index (κ1) is 29.6. The fourth-order valence-electron chi connectivity index (χ4n) is 5.08. The Morgan fingerprint density at radius 3 is 2.52 bits per heavy atom. The van der Waals surface area contributed by atoms with Crippen LogP contribution in [0, 0.1) is 0 Å². The second-order valence-corrected chi connectivity index (χ2v) is 11.7. The maximum atomic E-state index is 13.4. The van der Waals surface area contributed by atoms with E-state index in [1.165, 1.54) is 17.2 Å². The van der Waals surface area contributed by atoms with Crippen LogP contribution in [0.4, 0.5) is 10.5 Å². The predicted octanol–water partition coefficient (Wildman–Crippen LogP) is 5.81. The number of hydrogen-bond donors (Lipinski definition) is 1. The minimum atomic E-state index is -0.577. The van der Waals surface area contributed by atoms with Crippen molar-refractivity contribution in [3.8, 4) is 0 Å². The molecule has 1 N–H and O–H groups in total. The maximum absolute atomic E-state index is 13.4. The van der Waals surface area contributed by atoms with Crippen molar-refractivity contribution in [1.29, 1.82) is 0 Å². The van der Waals surface area contributed by atoms with E-state index in [1.54, 1.807) is 6.08 Å². The standard InChI is InChI=1S/C32H43N3O5/c1-32(2,3)39-31(37)35(20-19-23-9-14-26(15-10-23)34(4)5)28-17-13-25-22-24(11-16-27(25)28)12-18-29(36)33-40-30-8-6-7-21-38-30/h9-12,14-16,18,22,28,30H,6-8,13,17,19-21H2,1-5H3,(H,33,36)/b18-12+. The Bertz CT molecular complexity index is 1180. The van der Waals surface area contributed by atoms with E-state index in [1.807, 2.05) is 45.8 Å². The number of nitrogens with one attached hydrogen (secondary N) is 1. The van der Waals surface area contributed by atoms with Gasteiger partial charge in [0.2, 0.25) is 0 Å². The van der Waals surface area contributed by atoms with E-state index in [4.69, 9.17) is 14.3 Å². The third-order valence-electron chi connectivity index (χ3n) is 7.17. The number of anilines is 1. The molecular weight excluding hydrogens is 506 g/mol. The molecular formula is C32H43N3O5. The summed E-state index contributed by atoms with van der Waals surface area (Å²) in [6.07, 6.45) is 7.81. The van der Waals surface area contributed by atoms with Crippen molar-refractivity contribution in [2.24, 2.45) is 0 Å². The molecule has 8 heteroatoms. The van der Waals surface area contributed by atoms with Gasteiger partial charge in [-0.1, -0.05) is 30.3 Å². The molecule has 2 aromatic carbocycles. The van der Waals surface area contributed by atoms with Crippen LogP contribution in [0.2, 0.25) is 0 Å². The number of nitrogens with zero attached hydrogens (tertiary/aromatic N) is 2. The molecule has 0 spiro atoms. The topological polar surface area (TPSA) is 80.3 Å². The second kappa shape index (κ2) is 13.3. The lowest BCUT2D eigenvalue weighted by Crippen LogP contribution is -2.40. The zero-order valence-electron chi connectivity index (χ0n) is 24.4. The van der Waals surface area contributed by atoms with Crippen molar-refractivity contribution in [3.05, 3.63) is 70.8 Å². The Kier molecular flexibility index (Phi) is 9.87. The third kappa shape index (κ3) is 8.32. The van der Waals surface area contributed by atoms with Crippen molar-refractivity contribution >= 4 is 23.8 Å². The van der Waals surface area contributed by atoms with Gasteiger partial charge in [0.05, 0.1) is 6.04 Å². The van der Waals surface area contributed by atoms with Crippen molar-refractivity contribution in [3.63, 3.8) is 0 Å². The molecule has 216 valence electrons. The van der Waals surface area contributed by atoms with Crippen LogP contribution in [0.3, 0.4) is 0 Å². The fourth-order valence-corrected chi connectivity index (χ4v) is 5.08. The minimum Gasteiger partial charge on any atom is -0.444 e. The number of amides is 2. The molecule has 8 nitrogen and oxygen atoms in total. The Balaban J connectivity index is 1.42. The summed E-state index contributed by atoms with van der Waals surface area (Å²) in [7, 11) is 4.05. The second-order valence-electron chi connectivity index (χ2n) is 11.7. The van der Waals surface area contributed by atoms with Gasteiger partial charge in [0.15, 0.2) is 6.29 Å².